The molecule has 1 heterocycles. The summed E-state index contributed by atoms with van der Waals surface area (Å²) in [5.41, 5.74) is 1.33. The number of nitrogens with zero attached hydrogens (tertiary/aromatic N) is 3. The largest absolute Gasteiger partial charge is 0.494 e. The van der Waals surface area contributed by atoms with Crippen molar-refractivity contribution in [1.29, 1.82) is 0 Å². The number of hydrogen-bond donors (Lipinski definition) is 0. The minimum absolute atomic E-state index is 0.168. The fourth-order valence-electron chi connectivity index (χ4n) is 3.33. The zero-order chi connectivity index (χ0) is 22.6. The molecule has 1 aromatic heterocycles. The minimum Gasteiger partial charge on any atom is -0.494 e. The molecule has 0 saturated carbocycles. The van der Waals surface area contributed by atoms with Crippen LogP contribution < -0.4 is 9.54 Å². The molecular weight excluding hydrogens is 434 g/mol. The first-order valence-corrected chi connectivity index (χ1v) is 12.6. The standard InChI is InChI=1S/C22H27N3O4S2/c1-5-24(6-2)31(27,28)18-12-9-16(10-13-18)21(26)23-22-25(7-3)19-14-11-17(29-8-4)15-20(19)30-22/h9-15H,5-8H2,1-4H3. The van der Waals surface area contributed by atoms with Crippen LogP contribution in [0.2, 0.25) is 0 Å². The molecule has 0 N–H and O–H groups in total. The number of ether oxygens (including phenoxy) is 1. The van der Waals surface area contributed by atoms with E-state index >= 15 is 0 Å². The summed E-state index contributed by atoms with van der Waals surface area (Å²) in [5, 5.41) is 0. The van der Waals surface area contributed by atoms with Gasteiger partial charge in [0.1, 0.15) is 5.75 Å². The van der Waals surface area contributed by atoms with Crippen LogP contribution in [0.5, 0.6) is 5.75 Å². The van der Waals surface area contributed by atoms with Crippen molar-refractivity contribution in [2.75, 3.05) is 19.7 Å². The lowest BCUT2D eigenvalue weighted by Gasteiger charge is -2.18. The summed E-state index contributed by atoms with van der Waals surface area (Å²) in [4.78, 5) is 17.9. The molecule has 0 spiro atoms. The van der Waals surface area contributed by atoms with Crippen LogP contribution in [-0.2, 0) is 16.6 Å². The second-order valence-electron chi connectivity index (χ2n) is 6.72. The lowest BCUT2D eigenvalue weighted by atomic mass is 10.2. The van der Waals surface area contributed by atoms with Gasteiger partial charge in [0.15, 0.2) is 4.80 Å². The molecule has 31 heavy (non-hydrogen) atoms. The van der Waals surface area contributed by atoms with Gasteiger partial charge in [0.2, 0.25) is 10.0 Å². The molecule has 0 saturated heterocycles. The molecule has 0 fully saturated rings. The predicted molar refractivity (Wildman–Crippen MR) is 123 cm³/mol. The molecule has 0 radical (unpaired) electrons. The number of carbonyl (C=O) groups is 1. The van der Waals surface area contributed by atoms with Crippen LogP contribution >= 0.6 is 11.3 Å². The van der Waals surface area contributed by atoms with Gasteiger partial charge in [-0.05, 0) is 56.3 Å². The number of hydrogen-bond acceptors (Lipinski definition) is 5. The van der Waals surface area contributed by atoms with Crippen molar-refractivity contribution >= 4 is 37.5 Å². The molecule has 7 nitrogen and oxygen atoms in total. The molecule has 2 aromatic carbocycles. The van der Waals surface area contributed by atoms with E-state index in [4.69, 9.17) is 4.74 Å². The van der Waals surface area contributed by atoms with E-state index in [1.165, 1.54) is 39.9 Å². The average Bonchev–Trinajstić information content (AvgIpc) is 3.10. The number of fused-ring (bicyclic) bond motifs is 1. The Labute approximate surface area is 186 Å². The normalized spacial score (nSPS) is 12.6. The van der Waals surface area contributed by atoms with Crippen molar-refractivity contribution in [1.82, 2.24) is 8.87 Å². The van der Waals surface area contributed by atoms with Crippen molar-refractivity contribution in [2.45, 2.75) is 39.1 Å². The van der Waals surface area contributed by atoms with Gasteiger partial charge in [-0.3, -0.25) is 4.79 Å². The van der Waals surface area contributed by atoms with Gasteiger partial charge in [0, 0.05) is 25.2 Å². The second kappa shape index (κ2) is 9.76. The van der Waals surface area contributed by atoms with Crippen LogP contribution in [0.15, 0.2) is 52.4 Å². The van der Waals surface area contributed by atoms with Crippen molar-refractivity contribution in [3.63, 3.8) is 0 Å². The summed E-state index contributed by atoms with van der Waals surface area (Å²) in [5.74, 6) is 0.368. The van der Waals surface area contributed by atoms with Gasteiger partial charge in [-0.2, -0.15) is 9.30 Å². The molecule has 0 bridgehead atoms. The van der Waals surface area contributed by atoms with Gasteiger partial charge in [-0.15, -0.1) is 0 Å². The highest BCUT2D eigenvalue weighted by Crippen LogP contribution is 2.23. The highest BCUT2D eigenvalue weighted by molar-refractivity contribution is 7.89. The molecule has 1 amide bonds. The van der Waals surface area contributed by atoms with E-state index in [0.29, 0.717) is 36.6 Å². The molecular formula is C22H27N3O4S2. The van der Waals surface area contributed by atoms with Crippen molar-refractivity contribution in [2.24, 2.45) is 4.99 Å². The molecule has 0 aliphatic heterocycles. The molecule has 9 heteroatoms. The summed E-state index contributed by atoms with van der Waals surface area (Å²) in [6.45, 7) is 9.56. The van der Waals surface area contributed by atoms with E-state index in [2.05, 4.69) is 4.99 Å². The third kappa shape index (κ3) is 4.73. The number of aromatic nitrogens is 1. The maximum Gasteiger partial charge on any atom is 0.279 e. The Morgan fingerprint density at radius 3 is 2.32 bits per heavy atom. The Morgan fingerprint density at radius 1 is 1.06 bits per heavy atom. The quantitative estimate of drug-likeness (QED) is 0.510. The monoisotopic (exact) mass is 461 g/mol. The zero-order valence-electron chi connectivity index (χ0n) is 18.2. The number of thiazole rings is 1. The smallest absolute Gasteiger partial charge is 0.279 e. The van der Waals surface area contributed by atoms with Crippen LogP contribution in [-0.4, -0.2) is 42.9 Å². The first-order chi connectivity index (χ1) is 14.8. The molecule has 0 atom stereocenters. The highest BCUT2D eigenvalue weighted by atomic mass is 32.2. The Morgan fingerprint density at radius 2 is 1.74 bits per heavy atom. The van der Waals surface area contributed by atoms with Gasteiger partial charge in [-0.25, -0.2) is 8.42 Å². The lowest BCUT2D eigenvalue weighted by molar-refractivity contribution is 0.0997. The minimum atomic E-state index is -3.56. The Hall–Kier alpha value is -2.49. The Kier molecular flexibility index (Phi) is 7.30. The number of benzene rings is 2. The van der Waals surface area contributed by atoms with Crippen LogP contribution in [0, 0.1) is 0 Å². The fraction of sp³-hybridized carbons (Fsp3) is 0.364. The SMILES string of the molecule is CCOc1ccc2c(c1)sc(=NC(=O)c1ccc(S(=O)(=O)N(CC)CC)cc1)n2CC. The van der Waals surface area contributed by atoms with E-state index in [0.717, 1.165) is 16.0 Å². The molecule has 3 rings (SSSR count). The van der Waals surface area contributed by atoms with Crippen molar-refractivity contribution < 1.29 is 17.9 Å². The van der Waals surface area contributed by atoms with Crippen molar-refractivity contribution in [3.05, 3.63) is 52.8 Å². The number of amides is 1. The molecule has 0 aliphatic carbocycles. The Bertz CT molecular complexity index is 1240. The van der Waals surface area contributed by atoms with Crippen LogP contribution in [0.3, 0.4) is 0 Å². The van der Waals surface area contributed by atoms with E-state index in [9.17, 15) is 13.2 Å². The van der Waals surface area contributed by atoms with Gasteiger partial charge < -0.3 is 9.30 Å². The van der Waals surface area contributed by atoms with E-state index in [1.807, 2.05) is 36.6 Å². The third-order valence-corrected chi connectivity index (χ3v) is 8.03. The van der Waals surface area contributed by atoms with Gasteiger partial charge in [-0.1, -0.05) is 25.2 Å². The Balaban J connectivity index is 1.96. The predicted octanol–water partition coefficient (Wildman–Crippen LogP) is 3.89. The number of rotatable bonds is 8. The average molecular weight is 462 g/mol. The zero-order valence-corrected chi connectivity index (χ0v) is 19.8. The van der Waals surface area contributed by atoms with Gasteiger partial charge in [0.05, 0.1) is 21.7 Å². The fourth-order valence-corrected chi connectivity index (χ4v) is 5.91. The number of carbonyl (C=O) groups excluding carboxylic acids is 1. The van der Waals surface area contributed by atoms with Gasteiger partial charge in [0.25, 0.3) is 5.91 Å². The number of sulfonamides is 1. The maximum atomic E-state index is 12.8. The first-order valence-electron chi connectivity index (χ1n) is 10.3. The summed E-state index contributed by atoms with van der Waals surface area (Å²) in [7, 11) is -3.56. The summed E-state index contributed by atoms with van der Waals surface area (Å²) < 4.78 is 35.2. The van der Waals surface area contributed by atoms with E-state index < -0.39 is 15.9 Å². The second-order valence-corrected chi connectivity index (χ2v) is 9.67. The summed E-state index contributed by atoms with van der Waals surface area (Å²) in [6.07, 6.45) is 0. The van der Waals surface area contributed by atoms with Crippen LogP contribution in [0.25, 0.3) is 10.2 Å². The molecule has 0 unspecified atom stereocenters. The lowest BCUT2D eigenvalue weighted by Crippen LogP contribution is -2.30. The van der Waals surface area contributed by atoms with Crippen molar-refractivity contribution in [3.8, 4) is 5.75 Å². The number of aryl methyl sites for hydroxylation is 1. The van der Waals surface area contributed by atoms with Gasteiger partial charge >= 0.3 is 0 Å². The third-order valence-electron chi connectivity index (χ3n) is 4.92. The molecule has 0 aliphatic rings. The molecule has 3 aromatic rings. The van der Waals surface area contributed by atoms with E-state index in [-0.39, 0.29) is 4.90 Å². The summed E-state index contributed by atoms with van der Waals surface area (Å²) >= 11 is 1.42. The van der Waals surface area contributed by atoms with Crippen LogP contribution in [0.1, 0.15) is 38.1 Å². The van der Waals surface area contributed by atoms with Crippen LogP contribution in [0.4, 0.5) is 0 Å². The maximum absolute atomic E-state index is 12.8. The topological polar surface area (TPSA) is 81.0 Å². The highest BCUT2D eigenvalue weighted by Gasteiger charge is 2.21. The summed E-state index contributed by atoms with van der Waals surface area (Å²) in [6, 6.07) is 11.8. The molecule has 166 valence electrons. The van der Waals surface area contributed by atoms with E-state index in [1.54, 1.807) is 13.8 Å². The first kappa shape index (κ1) is 23.2.